The van der Waals surface area contributed by atoms with Crippen molar-refractivity contribution in [1.82, 2.24) is 4.57 Å². The van der Waals surface area contributed by atoms with Crippen LogP contribution in [0, 0.1) is 6.92 Å². The summed E-state index contributed by atoms with van der Waals surface area (Å²) in [5, 5.41) is 0. The van der Waals surface area contributed by atoms with Gasteiger partial charge >= 0.3 is 5.97 Å². The molecule has 16 heavy (non-hydrogen) atoms. The van der Waals surface area contributed by atoms with Crippen LogP contribution in [0.2, 0.25) is 0 Å². The molecule has 0 saturated carbocycles. The van der Waals surface area contributed by atoms with E-state index in [1.807, 2.05) is 30.7 Å². The molecule has 0 fully saturated rings. The van der Waals surface area contributed by atoms with Gasteiger partial charge in [-0.15, -0.1) is 0 Å². The molecule has 1 rings (SSSR count). The molecule has 1 aromatic heterocycles. The van der Waals surface area contributed by atoms with Gasteiger partial charge in [0.05, 0.1) is 6.61 Å². The molecule has 4 heteroatoms. The number of methoxy groups -OCH3 is 1. The zero-order valence-electron chi connectivity index (χ0n) is 10.2. The minimum Gasteiger partial charge on any atom is -0.461 e. The van der Waals surface area contributed by atoms with Crippen molar-refractivity contribution in [1.29, 1.82) is 0 Å². The third kappa shape index (κ3) is 3.10. The summed E-state index contributed by atoms with van der Waals surface area (Å²) in [6, 6.07) is 1.93. The largest absolute Gasteiger partial charge is 0.461 e. The van der Waals surface area contributed by atoms with Gasteiger partial charge in [-0.3, -0.25) is 0 Å². The Morgan fingerprint density at radius 3 is 2.88 bits per heavy atom. The molecule has 0 bridgehead atoms. The Bertz CT molecular complexity index is 344. The maximum absolute atomic E-state index is 11.7. The first-order valence-corrected chi connectivity index (χ1v) is 5.52. The number of hydrogen-bond donors (Lipinski definition) is 0. The first-order chi connectivity index (χ1) is 7.70. The molecular formula is C12H19NO3. The van der Waals surface area contributed by atoms with E-state index < -0.39 is 0 Å². The Kier molecular flexibility index (Phi) is 5.05. The van der Waals surface area contributed by atoms with E-state index in [4.69, 9.17) is 9.47 Å². The van der Waals surface area contributed by atoms with Crippen molar-refractivity contribution < 1.29 is 14.3 Å². The molecule has 0 atom stereocenters. The summed E-state index contributed by atoms with van der Waals surface area (Å²) < 4.78 is 11.9. The zero-order valence-corrected chi connectivity index (χ0v) is 10.2. The summed E-state index contributed by atoms with van der Waals surface area (Å²) >= 11 is 0. The Morgan fingerprint density at radius 2 is 2.25 bits per heavy atom. The Morgan fingerprint density at radius 1 is 1.50 bits per heavy atom. The maximum atomic E-state index is 11.7. The third-order valence-corrected chi connectivity index (χ3v) is 2.38. The smallest absolute Gasteiger partial charge is 0.355 e. The Labute approximate surface area is 96.2 Å². The number of rotatable bonds is 6. The van der Waals surface area contributed by atoms with Gasteiger partial charge in [0.2, 0.25) is 0 Å². The fourth-order valence-electron chi connectivity index (χ4n) is 1.63. The van der Waals surface area contributed by atoms with Crippen LogP contribution in [0.1, 0.15) is 29.4 Å². The van der Waals surface area contributed by atoms with Gasteiger partial charge in [-0.25, -0.2) is 4.79 Å². The number of hydrogen-bond acceptors (Lipinski definition) is 3. The monoisotopic (exact) mass is 225 g/mol. The first kappa shape index (κ1) is 12.8. The summed E-state index contributed by atoms with van der Waals surface area (Å²) in [6.07, 6.45) is 2.80. The molecule has 0 N–H and O–H groups in total. The molecule has 0 saturated heterocycles. The second kappa shape index (κ2) is 6.33. The highest BCUT2D eigenvalue weighted by molar-refractivity contribution is 5.89. The van der Waals surface area contributed by atoms with Crippen molar-refractivity contribution >= 4 is 5.97 Å². The van der Waals surface area contributed by atoms with Crippen LogP contribution in [-0.2, 0) is 16.0 Å². The molecule has 0 spiro atoms. The maximum Gasteiger partial charge on any atom is 0.355 e. The van der Waals surface area contributed by atoms with Gasteiger partial charge in [0, 0.05) is 26.5 Å². The van der Waals surface area contributed by atoms with E-state index in [0.717, 1.165) is 18.5 Å². The second-order valence-electron chi connectivity index (χ2n) is 3.61. The fraction of sp³-hybridized carbons (Fsp3) is 0.583. The molecule has 1 heterocycles. The van der Waals surface area contributed by atoms with E-state index in [2.05, 4.69) is 0 Å². The third-order valence-electron chi connectivity index (χ3n) is 2.38. The lowest BCUT2D eigenvalue weighted by Crippen LogP contribution is -2.13. The lowest BCUT2D eigenvalue weighted by molar-refractivity contribution is 0.0512. The van der Waals surface area contributed by atoms with Gasteiger partial charge in [-0.2, -0.15) is 0 Å². The van der Waals surface area contributed by atoms with Crippen LogP contribution in [0.15, 0.2) is 12.3 Å². The average Bonchev–Trinajstić information content (AvgIpc) is 2.61. The highest BCUT2D eigenvalue weighted by Gasteiger charge is 2.15. The van der Waals surface area contributed by atoms with Crippen LogP contribution in [0.4, 0.5) is 0 Å². The summed E-state index contributed by atoms with van der Waals surface area (Å²) in [5.74, 6) is -0.248. The number of ether oxygens (including phenoxy) is 2. The van der Waals surface area contributed by atoms with E-state index >= 15 is 0 Å². The molecule has 0 aliphatic rings. The topological polar surface area (TPSA) is 40.5 Å². The lowest BCUT2D eigenvalue weighted by atomic mass is 10.2. The van der Waals surface area contributed by atoms with Crippen molar-refractivity contribution in [3.8, 4) is 0 Å². The first-order valence-electron chi connectivity index (χ1n) is 5.52. The van der Waals surface area contributed by atoms with E-state index in [1.165, 1.54) is 0 Å². The van der Waals surface area contributed by atoms with Gasteiger partial charge in [0.15, 0.2) is 0 Å². The second-order valence-corrected chi connectivity index (χ2v) is 3.61. The molecule has 90 valence electrons. The van der Waals surface area contributed by atoms with Gasteiger partial charge in [-0.1, -0.05) is 0 Å². The van der Waals surface area contributed by atoms with Gasteiger partial charge in [-0.05, 0) is 31.9 Å². The minimum atomic E-state index is -0.248. The van der Waals surface area contributed by atoms with Crippen molar-refractivity contribution in [2.75, 3.05) is 20.3 Å². The molecule has 0 amide bonds. The van der Waals surface area contributed by atoms with E-state index in [9.17, 15) is 4.79 Å². The van der Waals surface area contributed by atoms with Crippen LogP contribution in [0.25, 0.3) is 0 Å². The zero-order chi connectivity index (χ0) is 12.0. The molecule has 0 unspecified atom stereocenters. The van der Waals surface area contributed by atoms with E-state index in [0.29, 0.717) is 18.9 Å². The fourth-order valence-corrected chi connectivity index (χ4v) is 1.63. The van der Waals surface area contributed by atoms with Crippen LogP contribution >= 0.6 is 0 Å². The van der Waals surface area contributed by atoms with E-state index in [1.54, 1.807) is 7.11 Å². The standard InChI is InChI=1S/C12H19NO3/c1-4-16-12(14)11-10(2)6-8-13(11)7-5-9-15-3/h6,8H,4-5,7,9H2,1-3H3. The molecule has 4 nitrogen and oxygen atoms in total. The molecule has 0 aliphatic carbocycles. The number of aryl methyl sites for hydroxylation is 2. The number of aromatic nitrogens is 1. The quantitative estimate of drug-likeness (QED) is 0.549. The van der Waals surface area contributed by atoms with Gasteiger partial charge in [0.1, 0.15) is 5.69 Å². The average molecular weight is 225 g/mol. The van der Waals surface area contributed by atoms with Crippen LogP contribution in [0.3, 0.4) is 0 Å². The van der Waals surface area contributed by atoms with Crippen LogP contribution < -0.4 is 0 Å². The summed E-state index contributed by atoms with van der Waals surface area (Å²) in [4.78, 5) is 11.7. The van der Waals surface area contributed by atoms with Gasteiger partial charge in [0.25, 0.3) is 0 Å². The molecular weight excluding hydrogens is 206 g/mol. The van der Waals surface area contributed by atoms with E-state index in [-0.39, 0.29) is 5.97 Å². The number of carbonyl (C=O) groups excluding carboxylic acids is 1. The summed E-state index contributed by atoms with van der Waals surface area (Å²) in [7, 11) is 1.67. The number of carbonyl (C=O) groups is 1. The number of nitrogens with zero attached hydrogens (tertiary/aromatic N) is 1. The van der Waals surface area contributed by atoms with Crippen molar-refractivity contribution in [3.63, 3.8) is 0 Å². The Balaban J connectivity index is 2.73. The minimum absolute atomic E-state index is 0.248. The molecule has 0 aliphatic heterocycles. The van der Waals surface area contributed by atoms with Crippen LogP contribution in [0.5, 0.6) is 0 Å². The highest BCUT2D eigenvalue weighted by atomic mass is 16.5. The molecule has 0 aromatic carbocycles. The van der Waals surface area contributed by atoms with Crippen molar-refractivity contribution in [3.05, 3.63) is 23.5 Å². The van der Waals surface area contributed by atoms with Crippen molar-refractivity contribution in [2.45, 2.75) is 26.8 Å². The van der Waals surface area contributed by atoms with Crippen LogP contribution in [-0.4, -0.2) is 30.9 Å². The van der Waals surface area contributed by atoms with Gasteiger partial charge < -0.3 is 14.0 Å². The van der Waals surface area contributed by atoms with Crippen molar-refractivity contribution in [2.24, 2.45) is 0 Å². The molecule has 1 aromatic rings. The SMILES string of the molecule is CCOC(=O)c1c(C)ccn1CCCOC. The molecule has 0 radical (unpaired) electrons. The summed E-state index contributed by atoms with van der Waals surface area (Å²) in [6.45, 7) is 5.60. The highest BCUT2D eigenvalue weighted by Crippen LogP contribution is 2.12. The Hall–Kier alpha value is -1.29. The summed E-state index contributed by atoms with van der Waals surface area (Å²) in [5.41, 5.74) is 1.61. The lowest BCUT2D eigenvalue weighted by Gasteiger charge is -2.09. The normalized spacial score (nSPS) is 10.4. The predicted molar refractivity (Wildman–Crippen MR) is 61.6 cm³/mol. The number of esters is 1. The predicted octanol–water partition coefficient (Wildman–Crippen LogP) is 2.01.